The lowest BCUT2D eigenvalue weighted by Gasteiger charge is -2.38. The molecule has 1 heterocycles. The summed E-state index contributed by atoms with van der Waals surface area (Å²) in [7, 11) is 2.54. The lowest BCUT2D eigenvalue weighted by atomic mass is 9.98. The maximum absolute atomic E-state index is 13.4. The van der Waals surface area contributed by atoms with E-state index < -0.39 is 64.4 Å². The van der Waals surface area contributed by atoms with Crippen LogP contribution in [0, 0.1) is 0 Å². The number of methoxy groups -OCH3 is 2. The third kappa shape index (κ3) is 7.49. The fraction of sp³-hybridized carbons (Fsp3) is 0.290. The van der Waals surface area contributed by atoms with Crippen molar-refractivity contribution in [2.45, 2.75) is 37.4 Å². The number of halogens is 3. The number of amides is 1. The first-order valence-corrected chi connectivity index (χ1v) is 13.9. The summed E-state index contributed by atoms with van der Waals surface area (Å²) in [4.78, 5) is 52.0. The smallest absolute Gasteiger partial charge is 0.491 e. The van der Waals surface area contributed by atoms with Crippen LogP contribution in [-0.2, 0) is 14.3 Å². The number of carbonyl (C=O) groups is 4. The summed E-state index contributed by atoms with van der Waals surface area (Å²) in [5.74, 6) is -11.0. The number of carbonyl (C=O) groups excluding carboxylic acids is 4. The van der Waals surface area contributed by atoms with Gasteiger partial charge in [-0.3, -0.25) is 9.59 Å². The number of nitrogens with one attached hydrogen (secondary N) is 2. The number of phenolic OH excluding ortho intramolecular Hbond substituents is 3. The normalized spacial score (nSPS) is 17.9. The highest BCUT2D eigenvalue weighted by molar-refractivity contribution is 6.16. The number of esters is 2. The molecule has 2 atom stereocenters. The molecule has 5 N–H and O–H groups in total. The largest absolute Gasteiger partial charge is 0.508 e. The van der Waals surface area contributed by atoms with E-state index in [1.807, 2.05) is 0 Å². The molecule has 250 valence electrons. The molecule has 1 aliphatic heterocycles. The number of ketones is 1. The van der Waals surface area contributed by atoms with E-state index in [4.69, 9.17) is 18.9 Å². The van der Waals surface area contributed by atoms with Gasteiger partial charge in [0.15, 0.2) is 0 Å². The molecule has 1 amide bonds. The molecular weight excluding hydrogens is 633 g/mol. The van der Waals surface area contributed by atoms with Crippen LogP contribution in [0.4, 0.5) is 13.2 Å². The van der Waals surface area contributed by atoms with Gasteiger partial charge in [-0.05, 0) is 67.8 Å². The number of rotatable bonds is 9. The molecule has 1 saturated heterocycles. The third-order valence-corrected chi connectivity index (χ3v) is 7.12. The van der Waals surface area contributed by atoms with Crippen molar-refractivity contribution in [1.29, 1.82) is 0 Å². The van der Waals surface area contributed by atoms with Crippen LogP contribution in [0.5, 0.6) is 28.7 Å². The first-order valence-electron chi connectivity index (χ1n) is 13.9. The lowest BCUT2D eigenvalue weighted by molar-refractivity contribution is -0.263. The Kier molecular flexibility index (Phi) is 10.1. The predicted molar refractivity (Wildman–Crippen MR) is 154 cm³/mol. The monoisotopic (exact) mass is 662 g/mol. The van der Waals surface area contributed by atoms with Crippen LogP contribution in [0.1, 0.15) is 55.9 Å². The summed E-state index contributed by atoms with van der Waals surface area (Å²) < 4.78 is 60.8. The van der Waals surface area contributed by atoms with Gasteiger partial charge in [-0.15, -0.1) is 0 Å². The minimum absolute atomic E-state index is 0.0313. The van der Waals surface area contributed by atoms with E-state index in [0.29, 0.717) is 18.6 Å². The van der Waals surface area contributed by atoms with Crippen molar-refractivity contribution >= 4 is 23.6 Å². The van der Waals surface area contributed by atoms with Crippen LogP contribution in [-0.4, -0.2) is 77.8 Å². The average Bonchev–Trinajstić information content (AvgIpc) is 3.21. The fourth-order valence-electron chi connectivity index (χ4n) is 4.86. The molecule has 13 nitrogen and oxygen atoms in total. The maximum atomic E-state index is 13.4. The number of phenols is 3. The van der Waals surface area contributed by atoms with E-state index in [1.54, 1.807) is 0 Å². The summed E-state index contributed by atoms with van der Waals surface area (Å²) in [6.07, 6.45) is -5.10. The predicted octanol–water partition coefficient (Wildman–Crippen LogP) is 3.54. The van der Waals surface area contributed by atoms with E-state index >= 15 is 0 Å². The molecular formula is C31H29F3N2O11. The maximum Gasteiger partial charge on any atom is 0.491 e. The van der Waals surface area contributed by atoms with Gasteiger partial charge < -0.3 is 39.6 Å². The number of benzene rings is 3. The Bertz CT molecular complexity index is 1630. The van der Waals surface area contributed by atoms with Crippen LogP contribution in [0.2, 0.25) is 0 Å². The van der Waals surface area contributed by atoms with Crippen molar-refractivity contribution in [1.82, 2.24) is 10.6 Å². The van der Waals surface area contributed by atoms with Crippen molar-refractivity contribution in [2.24, 2.45) is 0 Å². The van der Waals surface area contributed by atoms with Gasteiger partial charge in [0.25, 0.3) is 5.91 Å². The average molecular weight is 663 g/mol. The molecule has 4 rings (SSSR count). The minimum Gasteiger partial charge on any atom is -0.508 e. The van der Waals surface area contributed by atoms with Crippen LogP contribution in [0.3, 0.4) is 0 Å². The minimum atomic E-state index is -5.54. The molecule has 0 radical (unpaired) electrons. The van der Waals surface area contributed by atoms with Crippen LogP contribution >= 0.6 is 0 Å². The highest BCUT2D eigenvalue weighted by atomic mass is 19.4. The van der Waals surface area contributed by atoms with Gasteiger partial charge in [0.2, 0.25) is 5.78 Å². The summed E-state index contributed by atoms with van der Waals surface area (Å²) >= 11 is 0. The molecule has 0 aliphatic carbocycles. The summed E-state index contributed by atoms with van der Waals surface area (Å²) in [6, 6.07) is 9.01. The Morgan fingerprint density at radius 3 is 2.00 bits per heavy atom. The summed E-state index contributed by atoms with van der Waals surface area (Å²) in [5, 5.41) is 36.0. The van der Waals surface area contributed by atoms with E-state index in [2.05, 4.69) is 10.6 Å². The number of hydrogen-bond donors (Lipinski definition) is 5. The van der Waals surface area contributed by atoms with E-state index in [1.165, 1.54) is 56.7 Å². The van der Waals surface area contributed by atoms with Crippen molar-refractivity contribution in [2.75, 3.05) is 20.8 Å². The number of hydrogen-bond acceptors (Lipinski definition) is 12. The molecule has 47 heavy (non-hydrogen) atoms. The van der Waals surface area contributed by atoms with Gasteiger partial charge >= 0.3 is 24.0 Å². The molecule has 0 saturated carbocycles. The zero-order valence-electron chi connectivity index (χ0n) is 24.8. The Labute approximate surface area is 264 Å². The Morgan fingerprint density at radius 2 is 1.45 bits per heavy atom. The number of alkyl halides is 3. The SMILES string of the molecule is COc1cccc(OC)c1C(=O)c1c(O)cc(C(=O)OC2(OC(=O)C(F)(F)F)NCCCCC2NC(=O)c2ccc(O)cc2)cc1O. The van der Waals surface area contributed by atoms with Gasteiger partial charge in [-0.2, -0.15) is 13.2 Å². The molecule has 3 aromatic carbocycles. The Hall–Kier alpha value is -5.51. The van der Waals surface area contributed by atoms with Gasteiger partial charge in [0.1, 0.15) is 45.9 Å². The standard InChI is InChI=1S/C31H29F3N2O11/c1-44-21-6-5-7-22(45-2)25(21)26(40)24-19(38)14-17(15-20(24)39)28(42)46-31(47-29(43)30(32,33)34)23(8-3-4-13-35-31)36-27(41)16-9-11-18(37)12-10-16/h5-7,9-12,14-15,23,35,37-39H,3-4,8,13H2,1-2H3,(H,36,41). The van der Waals surface area contributed by atoms with E-state index in [9.17, 15) is 47.7 Å². The van der Waals surface area contributed by atoms with Gasteiger partial charge in [0, 0.05) is 12.1 Å². The summed E-state index contributed by atoms with van der Waals surface area (Å²) in [5.41, 5.74) is -1.54. The van der Waals surface area contributed by atoms with Gasteiger partial charge in [-0.1, -0.05) is 6.07 Å². The molecule has 3 aromatic rings. The van der Waals surface area contributed by atoms with Crippen LogP contribution < -0.4 is 20.1 Å². The Morgan fingerprint density at radius 1 is 0.851 bits per heavy atom. The van der Waals surface area contributed by atoms with Crippen molar-refractivity contribution in [3.63, 3.8) is 0 Å². The molecule has 0 spiro atoms. The van der Waals surface area contributed by atoms with E-state index in [0.717, 1.165) is 0 Å². The van der Waals surface area contributed by atoms with Gasteiger partial charge in [0.05, 0.1) is 19.8 Å². The molecule has 1 aliphatic rings. The zero-order chi connectivity index (χ0) is 34.5. The molecule has 0 bridgehead atoms. The molecule has 2 unspecified atom stereocenters. The third-order valence-electron chi connectivity index (χ3n) is 7.12. The fourth-order valence-corrected chi connectivity index (χ4v) is 4.86. The second-order valence-corrected chi connectivity index (χ2v) is 10.2. The van der Waals surface area contributed by atoms with Crippen LogP contribution in [0.15, 0.2) is 54.6 Å². The number of ether oxygens (including phenoxy) is 4. The summed E-state index contributed by atoms with van der Waals surface area (Å²) in [6.45, 7) is -0.130. The number of aromatic hydroxyl groups is 3. The molecule has 16 heteroatoms. The molecule has 1 fully saturated rings. The second kappa shape index (κ2) is 13.9. The van der Waals surface area contributed by atoms with Crippen molar-refractivity contribution in [3.05, 3.63) is 76.9 Å². The first kappa shape index (κ1) is 34.4. The molecule has 0 aromatic heterocycles. The van der Waals surface area contributed by atoms with Crippen molar-refractivity contribution < 1.29 is 66.6 Å². The van der Waals surface area contributed by atoms with Crippen LogP contribution in [0.25, 0.3) is 0 Å². The van der Waals surface area contributed by atoms with Gasteiger partial charge in [-0.25, -0.2) is 14.9 Å². The quantitative estimate of drug-likeness (QED) is 0.128. The first-order chi connectivity index (χ1) is 22.2. The highest BCUT2D eigenvalue weighted by Gasteiger charge is 2.54. The highest BCUT2D eigenvalue weighted by Crippen LogP contribution is 2.38. The van der Waals surface area contributed by atoms with E-state index in [-0.39, 0.29) is 47.8 Å². The Balaban J connectivity index is 1.72. The topological polar surface area (TPSA) is 190 Å². The second-order valence-electron chi connectivity index (χ2n) is 10.2. The zero-order valence-corrected chi connectivity index (χ0v) is 24.8. The van der Waals surface area contributed by atoms with Crippen molar-refractivity contribution in [3.8, 4) is 28.7 Å². The lowest BCUT2D eigenvalue weighted by Crippen LogP contribution is -2.65.